The van der Waals surface area contributed by atoms with Crippen LogP contribution in [0.15, 0.2) is 73.8 Å². The maximum absolute atomic E-state index is 14.4. The number of primary sulfonamides is 1. The van der Waals surface area contributed by atoms with E-state index in [-0.39, 0.29) is 10.6 Å². The Morgan fingerprint density at radius 1 is 1.23 bits per heavy atom. The van der Waals surface area contributed by atoms with Gasteiger partial charge in [0.2, 0.25) is 15.1 Å². The predicted octanol–water partition coefficient (Wildman–Crippen LogP) is 5.16. The van der Waals surface area contributed by atoms with Crippen molar-refractivity contribution in [2.75, 3.05) is 7.11 Å². The minimum Gasteiger partial charge on any atom is -0.494 e. The molecule has 10 heteroatoms. The fraction of sp³-hybridized carbons (Fsp3) is 0.0952. The number of halogens is 1. The number of thioether (sulfide) groups is 1. The van der Waals surface area contributed by atoms with Crippen molar-refractivity contribution >= 4 is 33.1 Å². The molecule has 0 saturated heterocycles. The maximum Gasteiger partial charge on any atom is 0.238 e. The average molecular weight is 477 g/mol. The van der Waals surface area contributed by atoms with Crippen LogP contribution in [0.1, 0.15) is 5.56 Å². The molecule has 4 aromatic rings. The van der Waals surface area contributed by atoms with Gasteiger partial charge in [0.05, 0.1) is 17.6 Å². The second-order valence-electron chi connectivity index (χ2n) is 6.50. The van der Waals surface area contributed by atoms with Gasteiger partial charge in [-0.1, -0.05) is 35.1 Å². The number of nitrogens with zero attached hydrogens (tertiary/aromatic N) is 1. The zero-order valence-electron chi connectivity index (χ0n) is 16.2. The van der Waals surface area contributed by atoms with Crippen LogP contribution in [-0.4, -0.2) is 20.7 Å². The first-order valence-electron chi connectivity index (χ1n) is 8.98. The zero-order valence-corrected chi connectivity index (χ0v) is 18.7. The van der Waals surface area contributed by atoms with E-state index in [1.54, 1.807) is 35.6 Å². The molecule has 0 amide bonds. The standard InChI is InChI=1S/C21H17FN2O4S3/c1-27-17-7-6-14(10-16(17)22)20-19(15-4-2-3-5-18(15)31(23,25)26)21(28-24-20)30-12-13-8-9-29-11-13/h2-11H,12H2,1H3,(H2,23,25,26). The summed E-state index contributed by atoms with van der Waals surface area (Å²) in [7, 11) is -2.65. The van der Waals surface area contributed by atoms with Crippen LogP contribution in [-0.2, 0) is 15.8 Å². The highest BCUT2D eigenvalue weighted by Crippen LogP contribution is 2.43. The van der Waals surface area contributed by atoms with Crippen LogP contribution in [0.3, 0.4) is 0 Å². The van der Waals surface area contributed by atoms with Crippen molar-refractivity contribution in [1.82, 2.24) is 5.16 Å². The molecule has 0 radical (unpaired) electrons. The first-order valence-corrected chi connectivity index (χ1v) is 12.5. The van der Waals surface area contributed by atoms with Gasteiger partial charge in [-0.25, -0.2) is 17.9 Å². The Bertz CT molecular complexity index is 1320. The molecule has 0 aliphatic carbocycles. The molecule has 0 atom stereocenters. The average Bonchev–Trinajstić information content (AvgIpc) is 3.41. The quantitative estimate of drug-likeness (QED) is 0.370. The van der Waals surface area contributed by atoms with Crippen LogP contribution in [0.2, 0.25) is 0 Å². The number of hydrogen-bond acceptors (Lipinski definition) is 7. The van der Waals surface area contributed by atoms with Crippen LogP contribution in [0, 0.1) is 5.82 Å². The summed E-state index contributed by atoms with van der Waals surface area (Å²) in [6, 6.07) is 12.7. The number of thiophene rings is 1. The summed E-state index contributed by atoms with van der Waals surface area (Å²) in [4.78, 5) is -0.0641. The zero-order chi connectivity index (χ0) is 22.0. The highest BCUT2D eigenvalue weighted by Gasteiger charge is 2.25. The summed E-state index contributed by atoms with van der Waals surface area (Å²) >= 11 is 2.95. The van der Waals surface area contributed by atoms with Gasteiger partial charge in [-0.3, -0.25) is 0 Å². The van der Waals surface area contributed by atoms with Gasteiger partial charge in [-0.15, -0.1) is 0 Å². The second-order valence-corrected chi connectivity index (χ2v) is 9.76. The molecule has 0 unspecified atom stereocenters. The molecule has 0 fully saturated rings. The van der Waals surface area contributed by atoms with Crippen molar-refractivity contribution in [2.45, 2.75) is 15.7 Å². The fourth-order valence-electron chi connectivity index (χ4n) is 3.07. The van der Waals surface area contributed by atoms with Gasteiger partial charge in [0.25, 0.3) is 0 Å². The number of sulfonamides is 1. The molecule has 0 aliphatic heterocycles. The lowest BCUT2D eigenvalue weighted by Gasteiger charge is -2.10. The number of nitrogens with two attached hydrogens (primary N) is 1. The number of ether oxygens (including phenoxy) is 1. The smallest absolute Gasteiger partial charge is 0.238 e. The van der Waals surface area contributed by atoms with E-state index in [4.69, 9.17) is 14.4 Å². The second kappa shape index (κ2) is 8.83. The minimum atomic E-state index is -4.02. The van der Waals surface area contributed by atoms with Gasteiger partial charge in [0, 0.05) is 16.9 Å². The van der Waals surface area contributed by atoms with Crippen LogP contribution >= 0.6 is 23.1 Å². The van der Waals surface area contributed by atoms with Gasteiger partial charge >= 0.3 is 0 Å². The van der Waals surface area contributed by atoms with Gasteiger partial charge in [-0.05, 0) is 46.7 Å². The number of methoxy groups -OCH3 is 1. The van der Waals surface area contributed by atoms with Gasteiger partial charge in [0.1, 0.15) is 5.69 Å². The Morgan fingerprint density at radius 2 is 2.03 bits per heavy atom. The first kappa shape index (κ1) is 21.6. The largest absolute Gasteiger partial charge is 0.494 e. The third-order valence-electron chi connectivity index (χ3n) is 4.50. The number of rotatable bonds is 7. The van der Waals surface area contributed by atoms with E-state index in [2.05, 4.69) is 5.16 Å². The molecule has 2 aromatic heterocycles. The van der Waals surface area contributed by atoms with Crippen molar-refractivity contribution in [2.24, 2.45) is 5.14 Å². The van der Waals surface area contributed by atoms with E-state index in [0.717, 1.165) is 5.56 Å². The van der Waals surface area contributed by atoms with Crippen LogP contribution in [0.5, 0.6) is 5.75 Å². The van der Waals surface area contributed by atoms with E-state index in [9.17, 15) is 12.8 Å². The molecule has 2 heterocycles. The molecule has 31 heavy (non-hydrogen) atoms. The predicted molar refractivity (Wildman–Crippen MR) is 119 cm³/mol. The Balaban J connectivity index is 1.88. The molecule has 2 aromatic carbocycles. The summed E-state index contributed by atoms with van der Waals surface area (Å²) in [6.07, 6.45) is 0. The van der Waals surface area contributed by atoms with Crippen LogP contribution < -0.4 is 9.88 Å². The van der Waals surface area contributed by atoms with Gasteiger partial charge in [-0.2, -0.15) is 11.3 Å². The van der Waals surface area contributed by atoms with E-state index >= 15 is 0 Å². The van der Waals surface area contributed by atoms with E-state index in [1.165, 1.54) is 37.1 Å². The fourth-order valence-corrected chi connectivity index (χ4v) is 5.50. The molecular weight excluding hydrogens is 459 g/mol. The van der Waals surface area contributed by atoms with Crippen LogP contribution in [0.4, 0.5) is 4.39 Å². The summed E-state index contributed by atoms with van der Waals surface area (Å²) in [5.41, 5.74) is 2.60. The van der Waals surface area contributed by atoms with Crippen molar-refractivity contribution in [3.63, 3.8) is 0 Å². The van der Waals surface area contributed by atoms with Crippen molar-refractivity contribution in [3.05, 3.63) is 70.7 Å². The molecule has 0 bridgehead atoms. The van der Waals surface area contributed by atoms with Crippen molar-refractivity contribution < 1.29 is 22.1 Å². The lowest BCUT2D eigenvalue weighted by atomic mass is 10.0. The van der Waals surface area contributed by atoms with E-state index in [0.29, 0.717) is 33.2 Å². The normalized spacial score (nSPS) is 11.6. The Labute approximate surface area is 186 Å². The molecule has 0 saturated carbocycles. The number of aromatic nitrogens is 1. The summed E-state index contributed by atoms with van der Waals surface area (Å²) < 4.78 is 49.4. The SMILES string of the molecule is COc1ccc(-c2noc(SCc3ccsc3)c2-c2ccccc2S(N)(=O)=O)cc1F. The summed E-state index contributed by atoms with van der Waals surface area (Å²) in [5.74, 6) is 0.117. The number of hydrogen-bond donors (Lipinski definition) is 1. The maximum atomic E-state index is 14.4. The molecule has 2 N–H and O–H groups in total. The highest BCUT2D eigenvalue weighted by molar-refractivity contribution is 7.98. The topological polar surface area (TPSA) is 95.4 Å². The van der Waals surface area contributed by atoms with Crippen molar-refractivity contribution in [1.29, 1.82) is 0 Å². The summed E-state index contributed by atoms with van der Waals surface area (Å²) in [5, 5.41) is 14.0. The Morgan fingerprint density at radius 3 is 2.71 bits per heavy atom. The first-order chi connectivity index (χ1) is 14.9. The molecular formula is C21H17FN2O4S3. The lowest BCUT2D eigenvalue weighted by molar-refractivity contribution is 0.352. The Kier molecular flexibility index (Phi) is 6.15. The molecule has 6 nitrogen and oxygen atoms in total. The van der Waals surface area contributed by atoms with Gasteiger partial charge < -0.3 is 9.26 Å². The monoisotopic (exact) mass is 476 g/mol. The molecule has 4 rings (SSSR count). The van der Waals surface area contributed by atoms with E-state index < -0.39 is 15.8 Å². The third-order valence-corrected chi connectivity index (χ3v) is 7.22. The van der Waals surface area contributed by atoms with Gasteiger partial charge in [0.15, 0.2) is 11.6 Å². The van der Waals surface area contributed by atoms with Crippen LogP contribution in [0.25, 0.3) is 22.4 Å². The molecule has 160 valence electrons. The lowest BCUT2D eigenvalue weighted by Crippen LogP contribution is -2.13. The van der Waals surface area contributed by atoms with E-state index in [1.807, 2.05) is 16.8 Å². The molecule has 0 aliphatic rings. The van der Waals surface area contributed by atoms with Crippen molar-refractivity contribution in [3.8, 4) is 28.1 Å². The Hall–Kier alpha value is -2.66. The third kappa shape index (κ3) is 4.52. The number of benzene rings is 2. The molecule has 0 spiro atoms. The summed E-state index contributed by atoms with van der Waals surface area (Å²) in [6.45, 7) is 0. The minimum absolute atomic E-state index is 0.0641. The highest BCUT2D eigenvalue weighted by atomic mass is 32.2.